The van der Waals surface area contributed by atoms with E-state index in [-0.39, 0.29) is 16.8 Å². The van der Waals surface area contributed by atoms with Crippen molar-refractivity contribution in [2.45, 2.75) is 37.6 Å². The van der Waals surface area contributed by atoms with Gasteiger partial charge in [-0.25, -0.2) is 13.6 Å². The first-order valence-corrected chi connectivity index (χ1v) is 15.4. The molecule has 5 rings (SSSR count). The number of carbonyl (C=O) groups is 1. The molecule has 3 aromatic rings. The molecule has 2 aliphatic rings. The van der Waals surface area contributed by atoms with Crippen molar-refractivity contribution < 1.29 is 13.2 Å². The van der Waals surface area contributed by atoms with Crippen LogP contribution >= 0.6 is 0 Å². The highest BCUT2D eigenvalue weighted by Gasteiger charge is 2.30. The zero-order chi connectivity index (χ0) is 29.1. The van der Waals surface area contributed by atoms with Crippen molar-refractivity contribution in [1.82, 2.24) is 15.2 Å². The van der Waals surface area contributed by atoms with Gasteiger partial charge in [0.25, 0.3) is 5.91 Å². The molecule has 3 heterocycles. The number of para-hydroxylation sites is 2. The number of nitrogens with zero attached hydrogens (tertiary/aromatic N) is 5. The molecule has 214 valence electrons. The summed E-state index contributed by atoms with van der Waals surface area (Å²) in [4.78, 5) is 24.7. The Balaban J connectivity index is 1.44. The van der Waals surface area contributed by atoms with Gasteiger partial charge in [0.1, 0.15) is 11.0 Å². The van der Waals surface area contributed by atoms with E-state index in [0.717, 1.165) is 43.0 Å². The van der Waals surface area contributed by atoms with Crippen LogP contribution in [0, 0.1) is 25.2 Å². The Morgan fingerprint density at radius 1 is 1.00 bits per heavy atom. The summed E-state index contributed by atoms with van der Waals surface area (Å²) in [6, 6.07) is 18.7. The fraction of sp³-hybridized carbons (Fsp3) is 0.367. The number of hydrogen-bond acceptors (Lipinski definition) is 8. The van der Waals surface area contributed by atoms with Crippen LogP contribution in [-0.2, 0) is 10.0 Å². The van der Waals surface area contributed by atoms with Crippen molar-refractivity contribution in [1.29, 1.82) is 5.26 Å². The van der Waals surface area contributed by atoms with Crippen LogP contribution in [0.3, 0.4) is 0 Å². The van der Waals surface area contributed by atoms with Crippen molar-refractivity contribution >= 4 is 33.0 Å². The number of carbonyl (C=O) groups excluding carboxylic acids is 1. The lowest BCUT2D eigenvalue weighted by Gasteiger charge is -2.38. The lowest BCUT2D eigenvalue weighted by Crippen LogP contribution is -2.49. The fourth-order valence-electron chi connectivity index (χ4n) is 5.82. The summed E-state index contributed by atoms with van der Waals surface area (Å²) < 4.78 is 24.2. The second kappa shape index (κ2) is 11.9. The molecule has 0 aliphatic carbocycles. The Labute approximate surface area is 241 Å². The number of nitrogens with two attached hydrogens (primary N) is 1. The summed E-state index contributed by atoms with van der Waals surface area (Å²) in [7, 11) is -3.87. The number of sulfonamides is 1. The van der Waals surface area contributed by atoms with Gasteiger partial charge in [0.2, 0.25) is 10.0 Å². The number of aryl methyl sites for hydroxylation is 2. The Morgan fingerprint density at radius 3 is 2.34 bits per heavy atom. The highest BCUT2D eigenvalue weighted by Crippen LogP contribution is 2.36. The summed E-state index contributed by atoms with van der Waals surface area (Å²) in [5, 5.41) is 18.8. The monoisotopic (exact) mass is 573 g/mol. The SMILES string of the molecule is Cc1nc(C)c(N(c2ccccc2C#N)C2CCNCC2)cc1C(=O)N1CCN(c2ccccc2S(N)(=O)=O)CC1. The molecule has 2 aliphatic heterocycles. The Kier molecular flexibility index (Phi) is 8.26. The molecule has 3 N–H and O–H groups in total. The molecule has 0 saturated carbocycles. The predicted molar refractivity (Wildman–Crippen MR) is 159 cm³/mol. The van der Waals surface area contributed by atoms with Gasteiger partial charge >= 0.3 is 0 Å². The highest BCUT2D eigenvalue weighted by atomic mass is 32.2. The second-order valence-corrected chi connectivity index (χ2v) is 12.0. The van der Waals surface area contributed by atoms with Gasteiger partial charge < -0.3 is 20.0 Å². The molecule has 2 fully saturated rings. The molecule has 2 aromatic carbocycles. The van der Waals surface area contributed by atoms with Crippen LogP contribution in [0.4, 0.5) is 17.1 Å². The molecule has 0 atom stereocenters. The molecule has 1 aromatic heterocycles. The molecule has 0 spiro atoms. The average molecular weight is 574 g/mol. The lowest BCUT2D eigenvalue weighted by molar-refractivity contribution is 0.0745. The van der Waals surface area contributed by atoms with Crippen molar-refractivity contribution in [2.24, 2.45) is 5.14 Å². The number of hydrogen-bond donors (Lipinski definition) is 2. The molecule has 1 amide bonds. The third-order valence-electron chi connectivity index (χ3n) is 7.90. The fourth-order valence-corrected chi connectivity index (χ4v) is 6.58. The van der Waals surface area contributed by atoms with Crippen LogP contribution in [0.15, 0.2) is 59.5 Å². The molecule has 2 saturated heterocycles. The van der Waals surface area contributed by atoms with Crippen molar-refractivity contribution in [3.05, 3.63) is 77.1 Å². The lowest BCUT2D eigenvalue weighted by atomic mass is 9.99. The first-order chi connectivity index (χ1) is 19.7. The minimum absolute atomic E-state index is 0.0821. The summed E-state index contributed by atoms with van der Waals surface area (Å²) >= 11 is 0. The minimum Gasteiger partial charge on any atom is -0.367 e. The van der Waals surface area contributed by atoms with Gasteiger partial charge in [-0.2, -0.15) is 5.26 Å². The molecule has 41 heavy (non-hydrogen) atoms. The maximum Gasteiger partial charge on any atom is 0.255 e. The largest absolute Gasteiger partial charge is 0.367 e. The number of nitriles is 1. The van der Waals surface area contributed by atoms with E-state index in [2.05, 4.69) is 16.3 Å². The third kappa shape index (κ3) is 5.91. The minimum atomic E-state index is -3.87. The molecule has 0 unspecified atom stereocenters. The number of pyridine rings is 1. The van der Waals surface area contributed by atoms with E-state index in [1.54, 1.807) is 23.1 Å². The van der Waals surface area contributed by atoms with E-state index >= 15 is 0 Å². The highest BCUT2D eigenvalue weighted by molar-refractivity contribution is 7.89. The van der Waals surface area contributed by atoms with E-state index in [1.165, 1.54) is 6.07 Å². The molecular weight excluding hydrogens is 538 g/mol. The zero-order valence-electron chi connectivity index (χ0n) is 23.4. The number of aromatic nitrogens is 1. The zero-order valence-corrected chi connectivity index (χ0v) is 24.2. The van der Waals surface area contributed by atoms with Gasteiger partial charge in [-0.1, -0.05) is 24.3 Å². The van der Waals surface area contributed by atoms with E-state index in [1.807, 2.05) is 49.1 Å². The number of nitrogens with one attached hydrogen (secondary N) is 1. The molecule has 0 radical (unpaired) electrons. The van der Waals surface area contributed by atoms with Crippen LogP contribution in [-0.4, -0.2) is 69.5 Å². The van der Waals surface area contributed by atoms with Crippen molar-refractivity contribution in [3.63, 3.8) is 0 Å². The molecule has 11 heteroatoms. The number of primary sulfonamides is 1. The Bertz CT molecular complexity index is 1590. The van der Waals surface area contributed by atoms with Crippen LogP contribution in [0.1, 0.15) is 40.2 Å². The van der Waals surface area contributed by atoms with Crippen LogP contribution in [0.5, 0.6) is 0 Å². The van der Waals surface area contributed by atoms with Crippen molar-refractivity contribution in [3.8, 4) is 6.07 Å². The Hall–Kier alpha value is -3.98. The van der Waals surface area contributed by atoms with E-state index in [4.69, 9.17) is 10.1 Å². The van der Waals surface area contributed by atoms with Crippen LogP contribution < -0.4 is 20.3 Å². The standard InChI is InChI=1S/C30H35N7O3S/c1-21-25(30(38)36-17-15-35(16-18-36)27-9-5-6-10-29(27)41(32,39)40)19-28(22(2)34-21)37(24-11-13-33-14-12-24)26-8-4-3-7-23(26)20-31/h3-10,19,24,33H,11-18H2,1-2H3,(H2,32,39,40). The quantitative estimate of drug-likeness (QED) is 0.459. The summed E-state index contributed by atoms with van der Waals surface area (Å²) in [5.74, 6) is -0.116. The van der Waals surface area contributed by atoms with Gasteiger partial charge in [-0.05, 0) is 70.1 Å². The summed E-state index contributed by atoms with van der Waals surface area (Å²) in [5.41, 5.74) is 4.75. The van der Waals surface area contributed by atoms with Gasteiger partial charge in [-0.3, -0.25) is 9.78 Å². The van der Waals surface area contributed by atoms with Gasteiger partial charge in [0.15, 0.2) is 0 Å². The van der Waals surface area contributed by atoms with E-state index in [0.29, 0.717) is 48.7 Å². The number of piperazine rings is 1. The normalized spacial score (nSPS) is 16.3. The smallest absolute Gasteiger partial charge is 0.255 e. The van der Waals surface area contributed by atoms with Gasteiger partial charge in [0.05, 0.1) is 39.6 Å². The maximum atomic E-state index is 13.9. The van der Waals surface area contributed by atoms with Crippen molar-refractivity contribution in [2.75, 3.05) is 49.1 Å². The Morgan fingerprint density at radius 2 is 1.66 bits per heavy atom. The number of rotatable bonds is 6. The topological polar surface area (TPSA) is 136 Å². The number of amides is 1. The average Bonchev–Trinajstić information content (AvgIpc) is 2.98. The molecule has 0 bridgehead atoms. The number of piperidine rings is 1. The predicted octanol–water partition coefficient (Wildman–Crippen LogP) is 3.07. The van der Waals surface area contributed by atoms with Crippen LogP contribution in [0.2, 0.25) is 0 Å². The second-order valence-electron chi connectivity index (χ2n) is 10.5. The first-order valence-electron chi connectivity index (χ1n) is 13.8. The third-order valence-corrected chi connectivity index (χ3v) is 8.86. The van der Waals surface area contributed by atoms with Gasteiger partial charge in [-0.15, -0.1) is 0 Å². The van der Waals surface area contributed by atoms with E-state index in [9.17, 15) is 18.5 Å². The number of benzene rings is 2. The van der Waals surface area contributed by atoms with Crippen LogP contribution in [0.25, 0.3) is 0 Å². The molecular formula is C30H35N7O3S. The molecule has 10 nitrogen and oxygen atoms in total. The summed E-state index contributed by atoms with van der Waals surface area (Å²) in [6.45, 7) is 7.34. The summed E-state index contributed by atoms with van der Waals surface area (Å²) in [6.07, 6.45) is 1.80. The maximum absolute atomic E-state index is 13.9. The van der Waals surface area contributed by atoms with Gasteiger partial charge in [0, 0.05) is 32.2 Å². The first kappa shape index (κ1) is 28.5. The van der Waals surface area contributed by atoms with E-state index < -0.39 is 10.0 Å². The number of anilines is 3.